The highest BCUT2D eigenvalue weighted by Gasteiger charge is 2.38. The van der Waals surface area contributed by atoms with E-state index in [9.17, 15) is 4.79 Å². The maximum absolute atomic E-state index is 12.9. The third-order valence-corrected chi connectivity index (χ3v) is 6.45. The summed E-state index contributed by atoms with van der Waals surface area (Å²) in [6.45, 7) is 9.66. The van der Waals surface area contributed by atoms with E-state index in [4.69, 9.17) is 0 Å². The van der Waals surface area contributed by atoms with Crippen molar-refractivity contribution >= 4 is 40.9 Å². The molecule has 32 heavy (non-hydrogen) atoms. The average Bonchev–Trinajstić information content (AvgIpc) is 3.26. The molecule has 0 fully saturated rings. The predicted molar refractivity (Wildman–Crippen MR) is 129 cm³/mol. The van der Waals surface area contributed by atoms with Gasteiger partial charge in [0.05, 0.1) is 5.75 Å². The van der Waals surface area contributed by atoms with Gasteiger partial charge in [-0.3, -0.25) is 4.79 Å². The zero-order chi connectivity index (χ0) is 22.9. The second kappa shape index (κ2) is 8.78. The second-order valence-corrected chi connectivity index (χ2v) is 8.98. The van der Waals surface area contributed by atoms with E-state index in [0.717, 1.165) is 11.4 Å². The minimum atomic E-state index is -0.234. The highest BCUT2D eigenvalue weighted by molar-refractivity contribution is 7.99. The van der Waals surface area contributed by atoms with Crippen molar-refractivity contribution in [1.29, 1.82) is 0 Å². The number of rotatable bonds is 8. The van der Waals surface area contributed by atoms with E-state index in [0.29, 0.717) is 35.9 Å². The second-order valence-electron chi connectivity index (χ2n) is 8.04. The minimum Gasteiger partial charge on any atom is -0.355 e. The molecule has 0 bridgehead atoms. The lowest BCUT2D eigenvalue weighted by Crippen LogP contribution is -2.24. The molecule has 4 rings (SSSR count). The van der Waals surface area contributed by atoms with Gasteiger partial charge in [0.2, 0.25) is 11.9 Å². The number of nitrogens with one attached hydrogen (secondary N) is 2. The van der Waals surface area contributed by atoms with Gasteiger partial charge in [-0.25, -0.2) is 4.40 Å². The monoisotopic (exact) mass is 452 g/mol. The summed E-state index contributed by atoms with van der Waals surface area (Å²) in [6, 6.07) is 8.27. The van der Waals surface area contributed by atoms with E-state index in [1.165, 1.54) is 17.3 Å². The van der Waals surface area contributed by atoms with Crippen molar-refractivity contribution in [1.82, 2.24) is 24.6 Å². The molecule has 0 radical (unpaired) electrons. The molecule has 0 aliphatic carbocycles. The molecule has 9 nitrogen and oxygen atoms in total. The Morgan fingerprint density at radius 3 is 2.59 bits per heavy atom. The van der Waals surface area contributed by atoms with Crippen LogP contribution in [0.5, 0.6) is 0 Å². The van der Waals surface area contributed by atoms with E-state index in [1.807, 2.05) is 33.0 Å². The molecule has 2 aromatic heterocycles. The number of allylic oxidation sites excluding steroid dienone is 2. The minimum absolute atomic E-state index is 0.0182. The van der Waals surface area contributed by atoms with Crippen molar-refractivity contribution in [2.75, 3.05) is 41.4 Å². The van der Waals surface area contributed by atoms with Crippen LogP contribution in [0.4, 0.5) is 17.6 Å². The summed E-state index contributed by atoms with van der Waals surface area (Å²) in [4.78, 5) is 23.9. The fourth-order valence-electron chi connectivity index (χ4n) is 3.99. The van der Waals surface area contributed by atoms with Crippen molar-refractivity contribution in [2.24, 2.45) is 0 Å². The first-order chi connectivity index (χ1) is 15.4. The van der Waals surface area contributed by atoms with Crippen molar-refractivity contribution in [3.8, 4) is 0 Å². The largest absolute Gasteiger partial charge is 0.355 e. The molecule has 3 aromatic rings. The maximum atomic E-state index is 12.9. The number of carbonyl (C=O) groups excluding carboxylic acids is 1. The van der Waals surface area contributed by atoms with Gasteiger partial charge in [-0.15, -0.1) is 10.2 Å². The van der Waals surface area contributed by atoms with Gasteiger partial charge in [0.25, 0.3) is 5.78 Å². The Morgan fingerprint density at radius 1 is 1.12 bits per heavy atom. The number of nitrogens with zero attached hydrogens (tertiary/aromatic N) is 6. The number of anilines is 3. The highest BCUT2D eigenvalue weighted by Crippen LogP contribution is 2.46. The Morgan fingerprint density at radius 2 is 1.88 bits per heavy atom. The molecule has 0 saturated carbocycles. The molecule has 10 heteroatoms. The van der Waals surface area contributed by atoms with Crippen molar-refractivity contribution in [3.05, 3.63) is 41.6 Å². The van der Waals surface area contributed by atoms with E-state index >= 15 is 0 Å². The number of hydrogen-bond donors (Lipinski definition) is 2. The molecular weight excluding hydrogens is 424 g/mol. The van der Waals surface area contributed by atoms with Crippen LogP contribution in [-0.4, -0.2) is 56.2 Å². The third kappa shape index (κ3) is 3.90. The number of aromatic nitrogens is 5. The van der Waals surface area contributed by atoms with Crippen LogP contribution < -0.4 is 15.5 Å². The zero-order valence-corrected chi connectivity index (χ0v) is 19.8. The fraction of sp³-hybridized carbons (Fsp3) is 0.409. The fourth-order valence-corrected chi connectivity index (χ4v) is 4.74. The molecule has 168 valence electrons. The Hall–Kier alpha value is -3.14. The lowest BCUT2D eigenvalue weighted by atomic mass is 9.83. The molecule has 0 amide bonds. The van der Waals surface area contributed by atoms with E-state index in [2.05, 4.69) is 61.7 Å². The number of thioether (sulfide) groups is 1. The zero-order valence-electron chi connectivity index (χ0n) is 19.0. The number of para-hydroxylation sites is 1. The van der Waals surface area contributed by atoms with Crippen LogP contribution in [-0.2, 0) is 10.2 Å². The quantitative estimate of drug-likeness (QED) is 0.393. The molecule has 0 atom stereocenters. The number of likely N-dealkylation sites (N-methyl/N-ethyl adjacent to an activating group) is 1. The van der Waals surface area contributed by atoms with Crippen LogP contribution in [0, 0.1) is 0 Å². The molecule has 0 unspecified atom stereocenters. The third-order valence-electron chi connectivity index (χ3n) is 5.50. The summed E-state index contributed by atoms with van der Waals surface area (Å²) in [6.07, 6.45) is 1.75. The summed E-state index contributed by atoms with van der Waals surface area (Å²) in [5.74, 6) is 1.79. The summed E-state index contributed by atoms with van der Waals surface area (Å²) in [5.41, 5.74) is 3.11. The van der Waals surface area contributed by atoms with E-state index in [1.54, 1.807) is 10.5 Å². The topological polar surface area (TPSA) is 100 Å². The van der Waals surface area contributed by atoms with Gasteiger partial charge in [-0.05, 0) is 25.5 Å². The van der Waals surface area contributed by atoms with Crippen molar-refractivity contribution in [3.63, 3.8) is 0 Å². The van der Waals surface area contributed by atoms with Gasteiger partial charge < -0.3 is 15.5 Å². The Balaban J connectivity index is 1.56. The first-order valence-electron chi connectivity index (χ1n) is 10.7. The normalized spacial score (nSPS) is 15.9. The van der Waals surface area contributed by atoms with Gasteiger partial charge in [-0.2, -0.15) is 9.97 Å². The van der Waals surface area contributed by atoms with E-state index < -0.39 is 0 Å². The first kappa shape index (κ1) is 22.1. The van der Waals surface area contributed by atoms with Gasteiger partial charge in [-0.1, -0.05) is 43.8 Å². The van der Waals surface area contributed by atoms with Gasteiger partial charge in [0, 0.05) is 43.0 Å². The number of carbonyl (C=O) groups is 1. The van der Waals surface area contributed by atoms with Crippen LogP contribution in [0.15, 0.2) is 41.2 Å². The lowest BCUT2D eigenvalue weighted by Gasteiger charge is -2.23. The Kier molecular flexibility index (Phi) is 6.05. The van der Waals surface area contributed by atoms with Gasteiger partial charge in [0.1, 0.15) is 0 Å². The highest BCUT2D eigenvalue weighted by atomic mass is 32.2. The number of hydrogen-bond acceptors (Lipinski definition) is 9. The predicted octanol–water partition coefficient (Wildman–Crippen LogP) is 3.36. The molecular formula is C22H28N8OS. The van der Waals surface area contributed by atoms with E-state index in [-0.39, 0.29) is 17.0 Å². The average molecular weight is 453 g/mol. The smallest absolute Gasteiger partial charge is 0.261 e. The van der Waals surface area contributed by atoms with Crippen LogP contribution >= 0.6 is 11.8 Å². The summed E-state index contributed by atoms with van der Waals surface area (Å²) in [5, 5.41) is 15.3. The number of ketones is 1. The molecule has 1 aliphatic rings. The first-order valence-corrected chi connectivity index (χ1v) is 11.7. The molecule has 1 aromatic carbocycles. The number of benzene rings is 1. The number of fused-ring (bicyclic) bond motifs is 2. The van der Waals surface area contributed by atoms with Crippen LogP contribution in [0.2, 0.25) is 0 Å². The van der Waals surface area contributed by atoms with Crippen LogP contribution in [0.3, 0.4) is 0 Å². The molecule has 3 heterocycles. The van der Waals surface area contributed by atoms with Crippen LogP contribution in [0.25, 0.3) is 5.78 Å². The van der Waals surface area contributed by atoms with Gasteiger partial charge in [0.15, 0.2) is 10.9 Å². The standard InChI is InChI=1S/C22H28N8OS/c1-6-23-18-25-19(24-7-2)30-20(26-18)27-28-21(30)32-13-14(31)12-17-22(3,4)15-10-8-9-11-16(15)29(17)5/h8-12H,6-7,13H2,1-5H3,(H2,23,24,25,26,27)/b17-12+. The van der Waals surface area contributed by atoms with Crippen LogP contribution in [0.1, 0.15) is 33.3 Å². The Labute approximate surface area is 191 Å². The van der Waals surface area contributed by atoms with Crippen molar-refractivity contribution < 1.29 is 4.79 Å². The summed E-state index contributed by atoms with van der Waals surface area (Å²) >= 11 is 1.33. The summed E-state index contributed by atoms with van der Waals surface area (Å²) in [7, 11) is 2.01. The SMILES string of the molecule is CCNc1nc(NCC)n2c(SCC(=O)/C=C3/N(C)c4ccccc4C3(C)C)nnc2n1. The Bertz CT molecular complexity index is 1190. The maximum Gasteiger partial charge on any atom is 0.261 e. The summed E-state index contributed by atoms with van der Waals surface area (Å²) < 4.78 is 1.75. The molecule has 1 aliphatic heterocycles. The lowest BCUT2D eigenvalue weighted by molar-refractivity contribution is -0.112. The molecule has 0 saturated heterocycles. The molecule has 0 spiro atoms. The van der Waals surface area contributed by atoms with Crippen molar-refractivity contribution in [2.45, 2.75) is 38.3 Å². The van der Waals surface area contributed by atoms with Gasteiger partial charge >= 0.3 is 0 Å². The molecule has 2 N–H and O–H groups in total.